The van der Waals surface area contributed by atoms with E-state index in [9.17, 15) is 0 Å². The van der Waals surface area contributed by atoms with Gasteiger partial charge < -0.3 is 19.7 Å². The van der Waals surface area contributed by atoms with Gasteiger partial charge in [0, 0.05) is 55.9 Å². The van der Waals surface area contributed by atoms with Crippen LogP contribution < -0.4 is 5.32 Å². The number of rotatable bonds is 3. The minimum atomic E-state index is 0.0516. The van der Waals surface area contributed by atoms with Crippen LogP contribution in [0.5, 0.6) is 0 Å². The Morgan fingerprint density at radius 3 is 2.93 bits per heavy atom. The molecule has 4 aliphatic rings. The molecule has 4 unspecified atom stereocenters. The highest BCUT2D eigenvalue weighted by Gasteiger charge is 2.65. The van der Waals surface area contributed by atoms with Crippen LogP contribution in [-0.4, -0.2) is 65.6 Å². The van der Waals surface area contributed by atoms with Crippen LogP contribution in [-0.2, 0) is 16.5 Å². The number of ether oxygens (including phenoxy) is 2. The maximum atomic E-state index is 6.16. The van der Waals surface area contributed by atoms with Gasteiger partial charge in [-0.15, -0.1) is 0 Å². The van der Waals surface area contributed by atoms with Crippen molar-refractivity contribution in [2.75, 3.05) is 32.8 Å². The van der Waals surface area contributed by atoms with Gasteiger partial charge in [-0.05, 0) is 26.2 Å². The summed E-state index contributed by atoms with van der Waals surface area (Å²) in [5, 5.41) is 8.24. The van der Waals surface area contributed by atoms with E-state index in [0.717, 1.165) is 44.4 Å². The van der Waals surface area contributed by atoms with Crippen molar-refractivity contribution in [3.05, 3.63) is 18.0 Å². The SMILES string of the molecule is CCN=C(NC1C2CCOC2C12CCCC2)N1CCOC(c2cnn(C)c2)C1. The van der Waals surface area contributed by atoms with Gasteiger partial charge in [-0.2, -0.15) is 5.10 Å². The molecule has 1 N–H and O–H groups in total. The van der Waals surface area contributed by atoms with E-state index in [1.807, 2.05) is 17.9 Å². The quantitative estimate of drug-likeness (QED) is 0.636. The average molecular weight is 388 g/mol. The zero-order valence-corrected chi connectivity index (χ0v) is 17.1. The Labute approximate surface area is 167 Å². The van der Waals surface area contributed by atoms with Crippen molar-refractivity contribution in [1.29, 1.82) is 0 Å². The molecule has 5 rings (SSSR count). The summed E-state index contributed by atoms with van der Waals surface area (Å²) in [5.74, 6) is 1.71. The van der Waals surface area contributed by atoms with Crippen LogP contribution in [0.3, 0.4) is 0 Å². The Balaban J connectivity index is 1.33. The van der Waals surface area contributed by atoms with Crippen molar-refractivity contribution in [3.63, 3.8) is 0 Å². The lowest BCUT2D eigenvalue weighted by atomic mass is 9.54. The van der Waals surface area contributed by atoms with Crippen molar-refractivity contribution in [1.82, 2.24) is 20.0 Å². The van der Waals surface area contributed by atoms with Crippen LogP contribution in [0.4, 0.5) is 0 Å². The number of fused-ring (bicyclic) bond motifs is 2. The molecule has 154 valence electrons. The van der Waals surface area contributed by atoms with Crippen LogP contribution >= 0.6 is 0 Å². The van der Waals surface area contributed by atoms with E-state index in [2.05, 4.69) is 28.4 Å². The number of hydrogen-bond donors (Lipinski definition) is 1. The summed E-state index contributed by atoms with van der Waals surface area (Å²) in [4.78, 5) is 7.27. The molecule has 28 heavy (non-hydrogen) atoms. The number of hydrogen-bond acceptors (Lipinski definition) is 4. The second-order valence-electron chi connectivity index (χ2n) is 8.86. The maximum absolute atomic E-state index is 6.16. The van der Waals surface area contributed by atoms with Crippen LogP contribution in [0, 0.1) is 11.3 Å². The molecular formula is C21H33N5O2. The summed E-state index contributed by atoms with van der Waals surface area (Å²) in [5.41, 5.74) is 1.48. The highest BCUT2D eigenvalue weighted by atomic mass is 16.5. The zero-order chi connectivity index (χ0) is 19.1. The van der Waals surface area contributed by atoms with Gasteiger partial charge in [0.05, 0.1) is 25.5 Å². The molecule has 2 aliphatic carbocycles. The minimum Gasteiger partial charge on any atom is -0.377 e. The number of guanidine groups is 1. The molecule has 1 aromatic rings. The zero-order valence-electron chi connectivity index (χ0n) is 17.1. The highest BCUT2D eigenvalue weighted by molar-refractivity contribution is 5.81. The lowest BCUT2D eigenvalue weighted by molar-refractivity contribution is -0.125. The predicted molar refractivity (Wildman–Crippen MR) is 107 cm³/mol. The Kier molecular flexibility index (Phi) is 4.83. The van der Waals surface area contributed by atoms with E-state index in [-0.39, 0.29) is 6.10 Å². The van der Waals surface area contributed by atoms with Gasteiger partial charge >= 0.3 is 0 Å². The van der Waals surface area contributed by atoms with Gasteiger partial charge in [0.25, 0.3) is 0 Å². The second kappa shape index (κ2) is 7.34. The van der Waals surface area contributed by atoms with Gasteiger partial charge in [0.2, 0.25) is 0 Å². The summed E-state index contributed by atoms with van der Waals surface area (Å²) in [6.07, 6.45) is 11.0. The first-order valence-corrected chi connectivity index (χ1v) is 11.0. The molecule has 0 amide bonds. The fourth-order valence-electron chi connectivity index (χ4n) is 6.08. The number of aryl methyl sites for hydroxylation is 1. The van der Waals surface area contributed by atoms with E-state index in [1.165, 1.54) is 32.1 Å². The standard InChI is InChI=1S/C21H33N5O2/c1-3-22-20(26-9-11-27-17(14-26)15-12-23-25(2)13-15)24-18-16-6-10-28-19(16)21(18)7-4-5-8-21/h12-13,16-19H,3-11,14H2,1-2H3,(H,22,24). The first-order chi connectivity index (χ1) is 13.7. The molecule has 0 radical (unpaired) electrons. The van der Waals surface area contributed by atoms with E-state index in [4.69, 9.17) is 14.5 Å². The van der Waals surface area contributed by atoms with Crippen molar-refractivity contribution in [2.24, 2.45) is 23.4 Å². The van der Waals surface area contributed by atoms with E-state index < -0.39 is 0 Å². The molecule has 1 spiro atoms. The van der Waals surface area contributed by atoms with Crippen molar-refractivity contribution in [2.45, 2.75) is 57.3 Å². The third-order valence-corrected chi connectivity index (χ3v) is 7.34. The highest BCUT2D eigenvalue weighted by Crippen LogP contribution is 2.60. The van der Waals surface area contributed by atoms with Gasteiger partial charge in [-0.1, -0.05) is 12.8 Å². The monoisotopic (exact) mass is 387 g/mol. The Morgan fingerprint density at radius 2 is 2.18 bits per heavy atom. The number of nitrogens with one attached hydrogen (secondary N) is 1. The molecule has 0 bridgehead atoms. The predicted octanol–water partition coefficient (Wildman–Crippen LogP) is 2.11. The molecule has 4 atom stereocenters. The largest absolute Gasteiger partial charge is 0.377 e. The molecule has 2 aliphatic heterocycles. The summed E-state index contributed by atoms with van der Waals surface area (Å²) >= 11 is 0. The van der Waals surface area contributed by atoms with Crippen molar-refractivity contribution >= 4 is 5.96 Å². The Morgan fingerprint density at radius 1 is 1.32 bits per heavy atom. The summed E-state index contributed by atoms with van der Waals surface area (Å²) in [6, 6.07) is 0.507. The number of aromatic nitrogens is 2. The van der Waals surface area contributed by atoms with Crippen LogP contribution in [0.15, 0.2) is 17.4 Å². The molecule has 7 nitrogen and oxygen atoms in total. The van der Waals surface area contributed by atoms with Gasteiger partial charge in [0.15, 0.2) is 5.96 Å². The van der Waals surface area contributed by atoms with Crippen LogP contribution in [0.25, 0.3) is 0 Å². The summed E-state index contributed by atoms with van der Waals surface area (Å²) in [6.45, 7) is 6.26. The Hall–Kier alpha value is -1.60. The molecule has 3 heterocycles. The molecule has 2 saturated heterocycles. The van der Waals surface area contributed by atoms with Crippen molar-refractivity contribution < 1.29 is 9.47 Å². The van der Waals surface area contributed by atoms with E-state index in [1.54, 1.807) is 0 Å². The second-order valence-corrected chi connectivity index (χ2v) is 8.86. The lowest BCUT2D eigenvalue weighted by Gasteiger charge is -2.57. The fraction of sp³-hybridized carbons (Fsp3) is 0.810. The normalized spacial score (nSPS) is 34.5. The first-order valence-electron chi connectivity index (χ1n) is 11.0. The molecule has 1 aromatic heterocycles. The molecule has 2 saturated carbocycles. The topological polar surface area (TPSA) is 63.9 Å². The molecule has 7 heteroatoms. The fourth-order valence-corrected chi connectivity index (χ4v) is 6.08. The third kappa shape index (κ3) is 2.94. The lowest BCUT2D eigenvalue weighted by Crippen LogP contribution is -2.69. The summed E-state index contributed by atoms with van der Waals surface area (Å²) < 4.78 is 14.1. The van der Waals surface area contributed by atoms with Crippen LogP contribution in [0.1, 0.15) is 50.7 Å². The summed E-state index contributed by atoms with van der Waals surface area (Å²) in [7, 11) is 1.95. The Bertz CT molecular complexity index is 726. The molecule has 4 fully saturated rings. The van der Waals surface area contributed by atoms with Gasteiger partial charge in [0.1, 0.15) is 6.10 Å². The van der Waals surface area contributed by atoms with E-state index >= 15 is 0 Å². The number of aliphatic imine (C=N–C) groups is 1. The number of morpholine rings is 1. The number of nitrogens with zero attached hydrogens (tertiary/aromatic N) is 4. The average Bonchev–Trinajstić information content (AvgIpc) is 3.45. The van der Waals surface area contributed by atoms with Gasteiger partial charge in [-0.25, -0.2) is 0 Å². The third-order valence-electron chi connectivity index (χ3n) is 7.34. The maximum Gasteiger partial charge on any atom is 0.194 e. The van der Waals surface area contributed by atoms with Crippen molar-refractivity contribution in [3.8, 4) is 0 Å². The van der Waals surface area contributed by atoms with Crippen LogP contribution in [0.2, 0.25) is 0 Å². The minimum absolute atomic E-state index is 0.0516. The van der Waals surface area contributed by atoms with E-state index in [0.29, 0.717) is 23.5 Å². The first kappa shape index (κ1) is 18.4. The van der Waals surface area contributed by atoms with Gasteiger partial charge in [-0.3, -0.25) is 9.67 Å². The smallest absolute Gasteiger partial charge is 0.194 e. The molecular weight excluding hydrogens is 354 g/mol. The molecule has 0 aromatic carbocycles.